The van der Waals surface area contributed by atoms with Crippen molar-refractivity contribution in [3.05, 3.63) is 101 Å². The van der Waals surface area contributed by atoms with Crippen LogP contribution in [0.2, 0.25) is 0 Å². The molecule has 200 valence electrons. The molecule has 0 aliphatic carbocycles. The highest BCUT2D eigenvalue weighted by Crippen LogP contribution is 2.31. The number of esters is 2. The van der Waals surface area contributed by atoms with E-state index >= 15 is 0 Å². The number of ether oxygens (including phenoxy) is 2. The van der Waals surface area contributed by atoms with Crippen LogP contribution in [0.5, 0.6) is 0 Å². The second-order valence-corrected chi connectivity index (χ2v) is 9.02. The number of anilines is 1. The first kappa shape index (κ1) is 27.3. The SMILES string of the molecule is CCCCOC(=O)c1ccc(NC(=O)COC(=O)c2ccc3c(c2)C(=O)N([C@H](C)c2ccccc2)C3=O)cc1. The molecule has 0 saturated carbocycles. The zero-order valence-corrected chi connectivity index (χ0v) is 21.6. The van der Waals surface area contributed by atoms with Gasteiger partial charge in [-0.3, -0.25) is 19.3 Å². The van der Waals surface area contributed by atoms with Crippen LogP contribution in [0.1, 0.15) is 79.7 Å². The molecule has 9 heteroatoms. The van der Waals surface area contributed by atoms with E-state index in [0.29, 0.717) is 17.9 Å². The summed E-state index contributed by atoms with van der Waals surface area (Å²) in [6.45, 7) is 3.54. The van der Waals surface area contributed by atoms with Crippen LogP contribution in [0.4, 0.5) is 5.69 Å². The Balaban J connectivity index is 1.33. The highest BCUT2D eigenvalue weighted by atomic mass is 16.5. The van der Waals surface area contributed by atoms with Gasteiger partial charge in [-0.2, -0.15) is 0 Å². The molecule has 4 rings (SSSR count). The summed E-state index contributed by atoms with van der Waals surface area (Å²) in [6.07, 6.45) is 1.70. The second kappa shape index (κ2) is 12.2. The lowest BCUT2D eigenvalue weighted by Gasteiger charge is -2.22. The smallest absolute Gasteiger partial charge is 0.338 e. The van der Waals surface area contributed by atoms with E-state index in [2.05, 4.69) is 5.32 Å². The van der Waals surface area contributed by atoms with E-state index in [9.17, 15) is 24.0 Å². The quantitative estimate of drug-likeness (QED) is 0.228. The van der Waals surface area contributed by atoms with E-state index in [4.69, 9.17) is 9.47 Å². The summed E-state index contributed by atoms with van der Waals surface area (Å²) in [6, 6.07) is 18.9. The molecule has 0 unspecified atom stereocenters. The lowest BCUT2D eigenvalue weighted by molar-refractivity contribution is -0.119. The summed E-state index contributed by atoms with van der Waals surface area (Å²) in [5.41, 5.74) is 1.93. The van der Waals surface area contributed by atoms with Gasteiger partial charge < -0.3 is 14.8 Å². The van der Waals surface area contributed by atoms with E-state index in [1.807, 2.05) is 37.3 Å². The molecular formula is C30H28N2O7. The standard InChI is InChI=1S/C30H28N2O7/c1-3-4-16-38-29(36)21-10-13-23(14-11-21)31-26(33)18-39-30(37)22-12-15-24-25(17-22)28(35)32(27(24)34)19(2)20-8-6-5-7-9-20/h5-15,17,19H,3-4,16,18H2,1-2H3,(H,31,33)/t19-/m1/s1. The third-order valence-electron chi connectivity index (χ3n) is 6.29. The average molecular weight is 529 g/mol. The predicted molar refractivity (Wildman–Crippen MR) is 142 cm³/mol. The highest BCUT2D eigenvalue weighted by molar-refractivity contribution is 6.22. The molecule has 0 radical (unpaired) electrons. The third-order valence-corrected chi connectivity index (χ3v) is 6.29. The van der Waals surface area contributed by atoms with Gasteiger partial charge in [0.2, 0.25) is 0 Å². The number of nitrogens with zero attached hydrogens (tertiary/aromatic N) is 1. The Labute approximate surface area is 225 Å². The summed E-state index contributed by atoms with van der Waals surface area (Å²) >= 11 is 0. The molecule has 1 atom stereocenters. The van der Waals surface area contributed by atoms with Gasteiger partial charge in [0.15, 0.2) is 6.61 Å². The molecule has 0 fully saturated rings. The minimum absolute atomic E-state index is 0.0443. The Morgan fingerprint density at radius 3 is 2.15 bits per heavy atom. The topological polar surface area (TPSA) is 119 Å². The maximum Gasteiger partial charge on any atom is 0.338 e. The lowest BCUT2D eigenvalue weighted by atomic mass is 10.1. The predicted octanol–water partition coefficient (Wildman–Crippen LogP) is 4.80. The normalized spacial score (nSPS) is 13.0. The number of hydrogen-bond donors (Lipinski definition) is 1. The van der Waals surface area contributed by atoms with Gasteiger partial charge in [-0.05, 0) is 61.4 Å². The van der Waals surface area contributed by atoms with Gasteiger partial charge in [-0.15, -0.1) is 0 Å². The van der Waals surface area contributed by atoms with Crippen molar-refractivity contribution in [1.82, 2.24) is 4.90 Å². The van der Waals surface area contributed by atoms with Crippen molar-refractivity contribution in [2.75, 3.05) is 18.5 Å². The van der Waals surface area contributed by atoms with Crippen molar-refractivity contribution in [3.8, 4) is 0 Å². The molecule has 3 aromatic carbocycles. The highest BCUT2D eigenvalue weighted by Gasteiger charge is 2.39. The molecule has 1 aliphatic rings. The Hall–Kier alpha value is -4.79. The van der Waals surface area contributed by atoms with Crippen molar-refractivity contribution in [2.24, 2.45) is 0 Å². The third kappa shape index (κ3) is 6.20. The summed E-state index contributed by atoms with van der Waals surface area (Å²) in [5, 5.41) is 2.58. The number of imide groups is 1. The Morgan fingerprint density at radius 1 is 0.821 bits per heavy atom. The fraction of sp³-hybridized carbons (Fsp3) is 0.233. The first-order valence-corrected chi connectivity index (χ1v) is 12.6. The zero-order valence-electron chi connectivity index (χ0n) is 21.6. The van der Waals surface area contributed by atoms with Gasteiger partial charge in [0.25, 0.3) is 17.7 Å². The fourth-order valence-corrected chi connectivity index (χ4v) is 4.11. The van der Waals surface area contributed by atoms with Crippen LogP contribution < -0.4 is 5.32 Å². The number of fused-ring (bicyclic) bond motifs is 1. The van der Waals surface area contributed by atoms with Crippen LogP contribution in [-0.2, 0) is 14.3 Å². The van der Waals surface area contributed by atoms with Crippen LogP contribution in [0, 0.1) is 0 Å². The summed E-state index contributed by atoms with van der Waals surface area (Å²) in [5.74, 6) is -2.78. The van der Waals surface area contributed by atoms with Crippen LogP contribution in [-0.4, -0.2) is 47.8 Å². The van der Waals surface area contributed by atoms with Crippen molar-refractivity contribution in [2.45, 2.75) is 32.7 Å². The first-order chi connectivity index (χ1) is 18.8. The van der Waals surface area contributed by atoms with Gasteiger partial charge in [0.05, 0.1) is 34.9 Å². The number of carbonyl (C=O) groups excluding carboxylic acids is 5. The van der Waals surface area contributed by atoms with Crippen LogP contribution in [0.25, 0.3) is 0 Å². The average Bonchev–Trinajstić information content (AvgIpc) is 3.21. The van der Waals surface area contributed by atoms with E-state index in [0.717, 1.165) is 18.4 Å². The van der Waals surface area contributed by atoms with Crippen LogP contribution >= 0.6 is 0 Å². The van der Waals surface area contributed by atoms with Gasteiger partial charge in [-0.25, -0.2) is 9.59 Å². The van der Waals surface area contributed by atoms with Crippen LogP contribution in [0.15, 0.2) is 72.8 Å². The molecular weight excluding hydrogens is 500 g/mol. The first-order valence-electron chi connectivity index (χ1n) is 12.6. The van der Waals surface area contributed by atoms with Crippen molar-refractivity contribution in [3.63, 3.8) is 0 Å². The Morgan fingerprint density at radius 2 is 1.46 bits per heavy atom. The number of carbonyl (C=O) groups is 5. The molecule has 39 heavy (non-hydrogen) atoms. The molecule has 3 aromatic rings. The van der Waals surface area contributed by atoms with Gasteiger partial charge in [-0.1, -0.05) is 43.7 Å². The molecule has 0 spiro atoms. The van der Waals surface area contributed by atoms with Gasteiger partial charge >= 0.3 is 11.9 Å². The number of rotatable bonds is 10. The van der Waals surface area contributed by atoms with E-state index in [-0.39, 0.29) is 16.7 Å². The lowest BCUT2D eigenvalue weighted by Crippen LogP contribution is -2.32. The number of hydrogen-bond acceptors (Lipinski definition) is 7. The Kier molecular flexibility index (Phi) is 8.50. The summed E-state index contributed by atoms with van der Waals surface area (Å²) in [7, 11) is 0. The van der Waals surface area contributed by atoms with E-state index in [1.165, 1.54) is 35.2 Å². The van der Waals surface area contributed by atoms with E-state index < -0.39 is 42.3 Å². The Bertz CT molecular complexity index is 1400. The van der Waals surface area contributed by atoms with Gasteiger partial charge in [0.1, 0.15) is 0 Å². The number of nitrogens with one attached hydrogen (secondary N) is 1. The molecule has 1 aliphatic heterocycles. The minimum Gasteiger partial charge on any atom is -0.462 e. The minimum atomic E-state index is -0.812. The molecule has 1 N–H and O–H groups in total. The van der Waals surface area contributed by atoms with Crippen molar-refractivity contribution < 1.29 is 33.4 Å². The molecule has 3 amide bonds. The molecule has 1 heterocycles. The number of amides is 3. The summed E-state index contributed by atoms with van der Waals surface area (Å²) in [4.78, 5) is 64.0. The van der Waals surface area contributed by atoms with E-state index in [1.54, 1.807) is 19.1 Å². The molecule has 0 bridgehead atoms. The van der Waals surface area contributed by atoms with Crippen molar-refractivity contribution >= 4 is 35.3 Å². The fourth-order valence-electron chi connectivity index (χ4n) is 4.11. The molecule has 0 aromatic heterocycles. The monoisotopic (exact) mass is 528 g/mol. The zero-order chi connectivity index (χ0) is 27.9. The van der Waals surface area contributed by atoms with Crippen molar-refractivity contribution in [1.29, 1.82) is 0 Å². The molecule has 9 nitrogen and oxygen atoms in total. The number of unbranched alkanes of at least 4 members (excludes halogenated alkanes) is 1. The van der Waals surface area contributed by atoms with Crippen LogP contribution in [0.3, 0.4) is 0 Å². The largest absolute Gasteiger partial charge is 0.462 e. The number of benzene rings is 3. The second-order valence-electron chi connectivity index (χ2n) is 9.02. The molecule has 0 saturated heterocycles. The maximum absolute atomic E-state index is 13.1. The maximum atomic E-state index is 13.1. The summed E-state index contributed by atoms with van der Waals surface area (Å²) < 4.78 is 10.3. The van der Waals surface area contributed by atoms with Gasteiger partial charge in [0, 0.05) is 5.69 Å².